The molecule has 0 spiro atoms. The van der Waals surface area contributed by atoms with Crippen LogP contribution in [-0.2, 0) is 26.2 Å². The predicted molar refractivity (Wildman–Crippen MR) is 189 cm³/mol. The lowest BCUT2D eigenvalue weighted by atomic mass is 9.90. The first kappa shape index (κ1) is 31.5. The van der Waals surface area contributed by atoms with E-state index in [4.69, 9.17) is 4.74 Å². The minimum atomic E-state index is 0.481. The molecule has 46 heavy (non-hydrogen) atoms. The van der Waals surface area contributed by atoms with Gasteiger partial charge in [-0.05, 0) is 96.5 Å². The molecule has 10 aliphatic heterocycles. The van der Waals surface area contributed by atoms with Crippen molar-refractivity contribution < 1.29 is 4.74 Å². The molecule has 4 aromatic carbocycles. The Balaban J connectivity index is 1.06. The van der Waals surface area contributed by atoms with Crippen molar-refractivity contribution in [2.75, 3.05) is 0 Å². The van der Waals surface area contributed by atoms with E-state index in [-0.39, 0.29) is 0 Å². The van der Waals surface area contributed by atoms with Gasteiger partial charge in [0.1, 0.15) is 11.5 Å². The molecule has 240 valence electrons. The highest BCUT2D eigenvalue weighted by atomic mass is 32.2. The molecule has 0 radical (unpaired) electrons. The van der Waals surface area contributed by atoms with Gasteiger partial charge in [0.15, 0.2) is 0 Å². The van der Waals surface area contributed by atoms with Gasteiger partial charge in [-0.3, -0.25) is 0 Å². The molecule has 0 amide bonds. The first-order valence-electron chi connectivity index (χ1n) is 17.4. The summed E-state index contributed by atoms with van der Waals surface area (Å²) in [5.41, 5.74) is 5.26. The summed E-state index contributed by atoms with van der Waals surface area (Å²) in [6, 6.07) is 37.3. The number of benzene rings is 4. The minimum absolute atomic E-state index is 0.481. The van der Waals surface area contributed by atoms with Crippen molar-refractivity contribution >= 4 is 11.8 Å². The van der Waals surface area contributed by atoms with Crippen LogP contribution in [-0.4, -0.2) is 24.2 Å². The first-order chi connectivity index (χ1) is 22.7. The van der Waals surface area contributed by atoms with Gasteiger partial charge in [-0.1, -0.05) is 86.0 Å². The number of ether oxygens (including phenoxy) is 1. The van der Waals surface area contributed by atoms with Crippen molar-refractivity contribution in [2.45, 2.75) is 112 Å². The van der Waals surface area contributed by atoms with Gasteiger partial charge in [-0.2, -0.15) is 0 Å². The molecule has 8 bridgehead atoms. The third-order valence-corrected chi connectivity index (χ3v) is 11.0. The van der Waals surface area contributed by atoms with Crippen LogP contribution >= 0.6 is 11.8 Å². The van der Waals surface area contributed by atoms with E-state index in [1.54, 1.807) is 0 Å². The molecular formula is C40H48N4OS. The highest BCUT2D eigenvalue weighted by Gasteiger charge is 2.25. The molecule has 12 aliphatic rings. The zero-order valence-electron chi connectivity index (χ0n) is 26.8. The van der Waals surface area contributed by atoms with Gasteiger partial charge in [0.25, 0.3) is 0 Å². The summed E-state index contributed by atoms with van der Waals surface area (Å²) in [4.78, 5) is 2.57. The van der Waals surface area contributed by atoms with Crippen LogP contribution in [0.4, 0.5) is 0 Å². The standard InChI is InChI=1S/C40H48N4OS/c1-3-7-39-37(5-1)41-25-29-9-17-33(18-10-29)45-34-19-11-30(12-20-34)26-42-38-6-2-4-8-40(38)44-28-32-15-23-36(24-16-32)46-35-21-13-31(14-22-35)27-43-39/h9-24,37-44H,1-8,25-28H2/t37-,38-,39-,40-/m0/s1. The molecule has 6 heteroatoms. The Morgan fingerprint density at radius 2 is 0.674 bits per heavy atom. The maximum Gasteiger partial charge on any atom is 0.127 e. The van der Waals surface area contributed by atoms with E-state index in [1.165, 1.54) is 83.4 Å². The Kier molecular flexibility index (Phi) is 10.7. The van der Waals surface area contributed by atoms with Crippen molar-refractivity contribution in [2.24, 2.45) is 0 Å². The van der Waals surface area contributed by atoms with E-state index in [1.807, 2.05) is 11.8 Å². The van der Waals surface area contributed by atoms with Crippen LogP contribution in [0.25, 0.3) is 0 Å². The van der Waals surface area contributed by atoms with E-state index in [2.05, 4.69) is 118 Å². The number of rotatable bonds is 0. The second-order valence-corrected chi connectivity index (χ2v) is 14.4. The average molecular weight is 633 g/mol. The van der Waals surface area contributed by atoms with Crippen LogP contribution in [0, 0.1) is 0 Å². The van der Waals surface area contributed by atoms with E-state index < -0.39 is 0 Å². The van der Waals surface area contributed by atoms with E-state index >= 15 is 0 Å². The van der Waals surface area contributed by atoms with E-state index in [0.717, 1.165) is 37.7 Å². The minimum Gasteiger partial charge on any atom is -0.457 e. The zero-order chi connectivity index (χ0) is 31.0. The molecule has 2 saturated carbocycles. The van der Waals surface area contributed by atoms with Gasteiger partial charge in [0.2, 0.25) is 0 Å². The lowest BCUT2D eigenvalue weighted by molar-refractivity contribution is 0.281. The maximum absolute atomic E-state index is 6.21. The topological polar surface area (TPSA) is 57.3 Å². The van der Waals surface area contributed by atoms with Crippen LogP contribution < -0.4 is 26.0 Å². The van der Waals surface area contributed by atoms with Crippen LogP contribution in [0.15, 0.2) is 107 Å². The predicted octanol–water partition coefficient (Wildman–Crippen LogP) is 8.32. The number of hydrogen-bond acceptors (Lipinski definition) is 6. The Hall–Kier alpha value is -3.13. The third kappa shape index (κ3) is 8.61. The highest BCUT2D eigenvalue weighted by molar-refractivity contribution is 7.99. The quantitative estimate of drug-likeness (QED) is 0.156. The first-order valence-corrected chi connectivity index (χ1v) is 18.2. The average Bonchev–Trinajstić information content (AvgIpc) is 3.11. The molecule has 10 heterocycles. The van der Waals surface area contributed by atoms with Gasteiger partial charge in [0.05, 0.1) is 0 Å². The fraction of sp³-hybridized carbons (Fsp3) is 0.400. The second-order valence-electron chi connectivity index (χ2n) is 13.3. The van der Waals surface area contributed by atoms with E-state index in [9.17, 15) is 0 Å². The smallest absolute Gasteiger partial charge is 0.127 e. The second kappa shape index (κ2) is 15.6. The molecule has 16 rings (SSSR count). The van der Waals surface area contributed by atoms with E-state index in [0.29, 0.717) is 24.2 Å². The van der Waals surface area contributed by atoms with Gasteiger partial charge in [-0.25, -0.2) is 0 Å². The lowest BCUT2D eigenvalue weighted by Crippen LogP contribution is -2.49. The SMILES string of the molecule is c1cc2ccc1CN[C@H]1CCCC[C@@H]1NCc1ccc(cc1)Sc1ccc(cc1)CN[C@H]1CCCC[C@@H]1NCc1ccc(cc1)O2. The van der Waals surface area contributed by atoms with Crippen molar-refractivity contribution in [1.82, 2.24) is 21.3 Å². The molecule has 4 aromatic rings. The molecule has 0 unspecified atom stereocenters. The van der Waals surface area contributed by atoms with Crippen molar-refractivity contribution in [3.8, 4) is 11.5 Å². The lowest BCUT2D eigenvalue weighted by Gasteiger charge is -2.33. The van der Waals surface area contributed by atoms with Crippen molar-refractivity contribution in [3.05, 3.63) is 119 Å². The molecular weight excluding hydrogens is 585 g/mol. The zero-order valence-corrected chi connectivity index (χ0v) is 27.7. The summed E-state index contributed by atoms with van der Waals surface area (Å²) in [5.74, 6) is 1.75. The summed E-state index contributed by atoms with van der Waals surface area (Å²) in [6.45, 7) is 3.55. The van der Waals surface area contributed by atoms with Gasteiger partial charge in [-0.15, -0.1) is 0 Å². The molecule has 0 aromatic heterocycles. The van der Waals surface area contributed by atoms with Gasteiger partial charge in [0, 0.05) is 60.1 Å². The van der Waals surface area contributed by atoms with Crippen LogP contribution in [0.2, 0.25) is 0 Å². The number of nitrogens with one attached hydrogen (secondary N) is 4. The molecule has 5 nitrogen and oxygen atoms in total. The summed E-state index contributed by atoms with van der Waals surface area (Å²) in [6.07, 6.45) is 10.1. The molecule has 2 fully saturated rings. The monoisotopic (exact) mass is 632 g/mol. The summed E-state index contributed by atoms with van der Waals surface area (Å²) < 4.78 is 6.21. The van der Waals surface area contributed by atoms with Crippen LogP contribution in [0.5, 0.6) is 11.5 Å². The third-order valence-electron chi connectivity index (χ3n) is 9.97. The largest absolute Gasteiger partial charge is 0.457 e. The molecule has 2 aliphatic carbocycles. The molecule has 4 N–H and O–H groups in total. The Morgan fingerprint density at radius 1 is 0.391 bits per heavy atom. The van der Waals surface area contributed by atoms with Crippen molar-refractivity contribution in [1.29, 1.82) is 0 Å². The summed E-state index contributed by atoms with van der Waals surface area (Å²) >= 11 is 1.84. The molecule has 0 saturated heterocycles. The van der Waals surface area contributed by atoms with Crippen LogP contribution in [0.1, 0.15) is 73.6 Å². The fourth-order valence-electron chi connectivity index (χ4n) is 7.21. The summed E-state index contributed by atoms with van der Waals surface area (Å²) in [5, 5.41) is 15.5. The summed E-state index contributed by atoms with van der Waals surface area (Å²) in [7, 11) is 0. The maximum atomic E-state index is 6.21. The fourth-order valence-corrected chi connectivity index (χ4v) is 8.02. The van der Waals surface area contributed by atoms with Crippen LogP contribution in [0.3, 0.4) is 0 Å². The highest BCUT2D eigenvalue weighted by Crippen LogP contribution is 2.29. The molecule has 4 atom stereocenters. The van der Waals surface area contributed by atoms with Crippen molar-refractivity contribution in [3.63, 3.8) is 0 Å². The van der Waals surface area contributed by atoms with Gasteiger partial charge >= 0.3 is 0 Å². The normalized spacial score (nSPS) is 24.5. The van der Waals surface area contributed by atoms with Gasteiger partial charge < -0.3 is 26.0 Å². The Labute approximate surface area is 279 Å². The Morgan fingerprint density at radius 3 is 0.978 bits per heavy atom. The Bertz CT molecular complexity index is 1280. The number of hydrogen-bond donors (Lipinski definition) is 4.